The van der Waals surface area contributed by atoms with E-state index < -0.39 is 0 Å². The van der Waals surface area contributed by atoms with Crippen LogP contribution in [0.2, 0.25) is 0 Å². The highest BCUT2D eigenvalue weighted by molar-refractivity contribution is 7.99. The van der Waals surface area contributed by atoms with Gasteiger partial charge in [-0.3, -0.25) is 4.79 Å². The van der Waals surface area contributed by atoms with Crippen LogP contribution < -0.4 is 14.8 Å². The van der Waals surface area contributed by atoms with Gasteiger partial charge >= 0.3 is 0 Å². The summed E-state index contributed by atoms with van der Waals surface area (Å²) < 4.78 is 11.4. The average Bonchev–Trinajstić information content (AvgIpc) is 2.60. The quantitative estimate of drug-likeness (QED) is 0.764. The first-order valence-electron chi connectivity index (χ1n) is 8.83. The summed E-state index contributed by atoms with van der Waals surface area (Å²) in [5.74, 6) is 2.39. The van der Waals surface area contributed by atoms with Gasteiger partial charge in [0.25, 0.3) is 5.91 Å². The lowest BCUT2D eigenvalue weighted by atomic mass is 9.89. The highest BCUT2D eigenvalue weighted by Gasteiger charge is 2.35. The number of fused-ring (bicyclic) bond motifs is 1. The second-order valence-electron chi connectivity index (χ2n) is 6.92. The fraction of sp³-hybridized carbons (Fsp3) is 0.381. The number of methoxy groups -OCH3 is 1. The van der Waals surface area contributed by atoms with Gasteiger partial charge in [-0.15, -0.1) is 11.8 Å². The zero-order valence-corrected chi connectivity index (χ0v) is 16.5. The van der Waals surface area contributed by atoms with Gasteiger partial charge in [-0.25, -0.2) is 0 Å². The van der Waals surface area contributed by atoms with E-state index in [9.17, 15) is 4.79 Å². The molecule has 5 heteroatoms. The van der Waals surface area contributed by atoms with Crippen molar-refractivity contribution >= 4 is 17.7 Å². The summed E-state index contributed by atoms with van der Waals surface area (Å²) >= 11 is 1.68. The molecular weight excluding hydrogens is 346 g/mol. The molecule has 0 spiro atoms. The van der Waals surface area contributed by atoms with Gasteiger partial charge in [0.05, 0.1) is 18.7 Å². The zero-order valence-electron chi connectivity index (χ0n) is 15.7. The molecule has 1 heterocycles. The molecule has 0 aliphatic carbocycles. The molecule has 1 atom stereocenters. The molecule has 0 saturated carbocycles. The van der Waals surface area contributed by atoms with E-state index in [1.165, 1.54) is 0 Å². The number of carbonyl (C=O) groups is 1. The number of hydrogen-bond donors (Lipinski definition) is 1. The summed E-state index contributed by atoms with van der Waals surface area (Å²) in [4.78, 5) is 14.0. The molecule has 1 N–H and O–H groups in total. The molecule has 0 unspecified atom stereocenters. The van der Waals surface area contributed by atoms with Crippen LogP contribution in [0.3, 0.4) is 0 Å². The number of ether oxygens (including phenoxy) is 2. The van der Waals surface area contributed by atoms with Crippen molar-refractivity contribution in [1.29, 1.82) is 0 Å². The molecule has 3 rings (SSSR count). The zero-order chi connectivity index (χ0) is 18.7. The molecular formula is C21H25NO3S. The number of rotatable bonds is 5. The maximum atomic E-state index is 13.0. The lowest BCUT2D eigenvalue weighted by molar-refractivity contribution is 0.0616. The predicted octanol–water partition coefficient (Wildman–Crippen LogP) is 4.84. The molecule has 0 radical (unpaired) electrons. The highest BCUT2D eigenvalue weighted by atomic mass is 32.2. The van der Waals surface area contributed by atoms with Crippen molar-refractivity contribution in [2.45, 2.75) is 43.7 Å². The Kier molecular flexibility index (Phi) is 5.47. The van der Waals surface area contributed by atoms with Gasteiger partial charge in [-0.1, -0.05) is 19.1 Å². The van der Waals surface area contributed by atoms with Crippen LogP contribution in [0, 0.1) is 0 Å². The number of hydrogen-bond acceptors (Lipinski definition) is 4. The Hall–Kier alpha value is -2.14. The Morgan fingerprint density at radius 3 is 2.81 bits per heavy atom. The fourth-order valence-electron chi connectivity index (χ4n) is 3.26. The van der Waals surface area contributed by atoms with E-state index in [1.807, 2.05) is 56.3 Å². The summed E-state index contributed by atoms with van der Waals surface area (Å²) in [6.07, 6.45) is 0.709. The molecule has 2 aromatic carbocycles. The second kappa shape index (κ2) is 7.62. The number of thioether (sulfide) groups is 1. The van der Waals surface area contributed by atoms with Crippen molar-refractivity contribution in [2.24, 2.45) is 0 Å². The van der Waals surface area contributed by atoms with Gasteiger partial charge in [-0.05, 0) is 43.9 Å². The first kappa shape index (κ1) is 18.6. The Morgan fingerprint density at radius 2 is 2.08 bits per heavy atom. The van der Waals surface area contributed by atoms with E-state index in [2.05, 4.69) is 12.2 Å². The molecule has 0 aromatic heterocycles. The maximum absolute atomic E-state index is 13.0. The fourth-order valence-corrected chi connectivity index (χ4v) is 4.06. The molecule has 0 bridgehead atoms. The SMILES string of the molecule is CCSc1ccccc1C(=O)N[C@H]1CC(C)(C)Oc2cc(OC)ccc21. The topological polar surface area (TPSA) is 47.6 Å². The Labute approximate surface area is 159 Å². The van der Waals surface area contributed by atoms with Crippen molar-refractivity contribution in [2.75, 3.05) is 12.9 Å². The molecule has 138 valence electrons. The standard InChI is InChI=1S/C21H25NO3S/c1-5-26-19-9-7-6-8-16(19)20(23)22-17-13-21(2,3)25-18-12-14(24-4)10-11-15(17)18/h6-12,17H,5,13H2,1-4H3,(H,22,23)/t17-/m0/s1. The van der Waals surface area contributed by atoms with Crippen LogP contribution in [0.5, 0.6) is 11.5 Å². The lowest BCUT2D eigenvalue weighted by Crippen LogP contribution is -2.41. The smallest absolute Gasteiger partial charge is 0.252 e. The van der Waals surface area contributed by atoms with Gasteiger partial charge in [0.15, 0.2) is 0 Å². The lowest BCUT2D eigenvalue weighted by Gasteiger charge is -2.38. The predicted molar refractivity (Wildman–Crippen MR) is 105 cm³/mol. The van der Waals surface area contributed by atoms with Crippen molar-refractivity contribution in [3.05, 3.63) is 53.6 Å². The molecule has 0 fully saturated rings. The van der Waals surface area contributed by atoms with Gasteiger partial charge in [0, 0.05) is 22.9 Å². The second-order valence-corrected chi connectivity index (χ2v) is 8.23. The number of carbonyl (C=O) groups excluding carboxylic acids is 1. The van der Waals surface area contributed by atoms with E-state index in [4.69, 9.17) is 9.47 Å². The monoisotopic (exact) mass is 371 g/mol. The molecule has 1 aliphatic heterocycles. The van der Waals surface area contributed by atoms with Gasteiger partial charge in [-0.2, -0.15) is 0 Å². The Balaban J connectivity index is 1.89. The summed E-state index contributed by atoms with van der Waals surface area (Å²) in [5, 5.41) is 3.21. The van der Waals surface area contributed by atoms with Crippen molar-refractivity contribution in [3.63, 3.8) is 0 Å². The van der Waals surface area contributed by atoms with E-state index in [1.54, 1.807) is 18.9 Å². The number of benzene rings is 2. The minimum absolute atomic E-state index is 0.0500. The average molecular weight is 372 g/mol. The highest BCUT2D eigenvalue weighted by Crippen LogP contribution is 2.41. The third kappa shape index (κ3) is 3.98. The van der Waals surface area contributed by atoms with Crippen LogP contribution >= 0.6 is 11.8 Å². The molecule has 4 nitrogen and oxygen atoms in total. The van der Waals surface area contributed by atoms with E-state index in [-0.39, 0.29) is 17.6 Å². The third-order valence-corrected chi connectivity index (χ3v) is 5.37. The van der Waals surface area contributed by atoms with E-state index in [0.29, 0.717) is 6.42 Å². The minimum atomic E-state index is -0.366. The van der Waals surface area contributed by atoms with Crippen LogP contribution in [0.1, 0.15) is 49.2 Å². The third-order valence-electron chi connectivity index (χ3n) is 4.41. The van der Waals surface area contributed by atoms with Gasteiger partial charge in [0.2, 0.25) is 0 Å². The number of amides is 1. The van der Waals surface area contributed by atoms with Gasteiger partial charge < -0.3 is 14.8 Å². The molecule has 1 aliphatic rings. The maximum Gasteiger partial charge on any atom is 0.252 e. The molecule has 0 saturated heterocycles. The molecule has 1 amide bonds. The summed E-state index contributed by atoms with van der Waals surface area (Å²) in [6.45, 7) is 6.16. The Morgan fingerprint density at radius 1 is 1.31 bits per heavy atom. The van der Waals surface area contributed by atoms with Gasteiger partial charge in [0.1, 0.15) is 17.1 Å². The van der Waals surface area contributed by atoms with Crippen LogP contribution in [0.15, 0.2) is 47.4 Å². The summed E-state index contributed by atoms with van der Waals surface area (Å²) in [7, 11) is 1.64. The first-order valence-corrected chi connectivity index (χ1v) is 9.81. The molecule has 26 heavy (non-hydrogen) atoms. The Bertz CT molecular complexity index is 804. The van der Waals surface area contributed by atoms with E-state index in [0.717, 1.165) is 33.3 Å². The number of nitrogens with one attached hydrogen (secondary N) is 1. The van der Waals surface area contributed by atoms with E-state index >= 15 is 0 Å². The summed E-state index contributed by atoms with van der Waals surface area (Å²) in [6, 6.07) is 13.4. The van der Waals surface area contributed by atoms with Crippen LogP contribution in [-0.2, 0) is 0 Å². The van der Waals surface area contributed by atoms with Crippen LogP contribution in [-0.4, -0.2) is 24.4 Å². The van der Waals surface area contributed by atoms with Crippen LogP contribution in [0.4, 0.5) is 0 Å². The summed E-state index contributed by atoms with van der Waals surface area (Å²) in [5.41, 5.74) is 1.34. The minimum Gasteiger partial charge on any atom is -0.497 e. The normalized spacial score (nSPS) is 17.8. The van der Waals surface area contributed by atoms with Crippen molar-refractivity contribution in [1.82, 2.24) is 5.32 Å². The van der Waals surface area contributed by atoms with Crippen LogP contribution in [0.25, 0.3) is 0 Å². The first-order chi connectivity index (χ1) is 12.4. The molecule has 2 aromatic rings. The largest absolute Gasteiger partial charge is 0.497 e. The van der Waals surface area contributed by atoms with Crippen molar-refractivity contribution in [3.8, 4) is 11.5 Å². The van der Waals surface area contributed by atoms with Crippen molar-refractivity contribution < 1.29 is 14.3 Å².